The van der Waals surface area contributed by atoms with E-state index in [1.807, 2.05) is 30.3 Å². The summed E-state index contributed by atoms with van der Waals surface area (Å²) in [5.41, 5.74) is 1.55. The van der Waals surface area contributed by atoms with E-state index in [9.17, 15) is 24.9 Å². The predicted molar refractivity (Wildman–Crippen MR) is 149 cm³/mol. The van der Waals surface area contributed by atoms with Crippen LogP contribution in [-0.4, -0.2) is 57.3 Å². The van der Waals surface area contributed by atoms with Gasteiger partial charge in [0.2, 0.25) is 5.91 Å². The molecule has 8 atom stereocenters. The number of aliphatic hydroxyl groups is 3. The number of aryl methyl sites for hydroxylation is 1. The topological polar surface area (TPSA) is 128 Å². The first-order chi connectivity index (χ1) is 19.1. The summed E-state index contributed by atoms with van der Waals surface area (Å²) in [6.07, 6.45) is 9.25. The van der Waals surface area contributed by atoms with Crippen LogP contribution in [0.15, 0.2) is 47.1 Å². The zero-order chi connectivity index (χ0) is 28.2. The van der Waals surface area contributed by atoms with Crippen LogP contribution in [0.4, 0.5) is 0 Å². The van der Waals surface area contributed by atoms with Gasteiger partial charge in [-0.05, 0) is 86.7 Å². The van der Waals surface area contributed by atoms with Gasteiger partial charge in [-0.2, -0.15) is 5.10 Å². The largest absolute Gasteiger partial charge is 0.458 e. The lowest BCUT2D eigenvalue weighted by Crippen LogP contribution is -2.68. The fourth-order valence-electron chi connectivity index (χ4n) is 9.54. The Morgan fingerprint density at radius 2 is 1.85 bits per heavy atom. The van der Waals surface area contributed by atoms with Gasteiger partial charge >= 0.3 is 5.97 Å². The Morgan fingerprint density at radius 1 is 1.07 bits per heavy atom. The molecule has 1 aromatic rings. The Bertz CT molecular complexity index is 1220. The van der Waals surface area contributed by atoms with E-state index in [1.54, 1.807) is 12.3 Å². The third-order valence-electron chi connectivity index (χ3n) is 11.6. The summed E-state index contributed by atoms with van der Waals surface area (Å²) in [7, 11) is 0. The van der Waals surface area contributed by atoms with Crippen molar-refractivity contribution in [2.45, 2.75) is 94.9 Å². The molecule has 4 fully saturated rings. The van der Waals surface area contributed by atoms with Crippen molar-refractivity contribution < 1.29 is 29.6 Å². The molecule has 5 aliphatic rings. The number of cyclic esters (lactones) is 1. The highest BCUT2D eigenvalue weighted by Gasteiger charge is 2.71. The molecule has 0 aromatic heterocycles. The molecule has 40 heavy (non-hydrogen) atoms. The summed E-state index contributed by atoms with van der Waals surface area (Å²) in [6, 6.07) is 9.85. The number of benzene rings is 1. The van der Waals surface area contributed by atoms with E-state index in [4.69, 9.17) is 4.74 Å². The lowest BCUT2D eigenvalue weighted by Gasteiger charge is -2.65. The molecule has 8 nitrogen and oxygen atoms in total. The third-order valence-corrected chi connectivity index (χ3v) is 11.6. The maximum atomic E-state index is 12.7. The van der Waals surface area contributed by atoms with E-state index in [-0.39, 0.29) is 41.5 Å². The van der Waals surface area contributed by atoms with Crippen LogP contribution in [0.5, 0.6) is 0 Å². The second kappa shape index (κ2) is 10.1. The molecule has 0 bridgehead atoms. The monoisotopic (exact) mass is 550 g/mol. The Morgan fingerprint density at radius 3 is 2.60 bits per heavy atom. The van der Waals surface area contributed by atoms with Crippen molar-refractivity contribution in [1.82, 2.24) is 5.43 Å². The van der Waals surface area contributed by atoms with Gasteiger partial charge in [-0.3, -0.25) is 4.79 Å². The van der Waals surface area contributed by atoms with E-state index in [1.165, 1.54) is 0 Å². The molecule has 4 N–H and O–H groups in total. The van der Waals surface area contributed by atoms with Gasteiger partial charge in [-0.25, -0.2) is 10.2 Å². The molecule has 1 heterocycles. The van der Waals surface area contributed by atoms with Gasteiger partial charge in [-0.1, -0.05) is 37.3 Å². The summed E-state index contributed by atoms with van der Waals surface area (Å²) in [5, 5.41) is 39.6. The highest BCUT2D eigenvalue weighted by atomic mass is 16.5. The quantitative estimate of drug-likeness (QED) is 0.244. The number of esters is 1. The Kier molecular flexibility index (Phi) is 6.95. The first-order valence-corrected chi connectivity index (χ1v) is 15.0. The summed E-state index contributed by atoms with van der Waals surface area (Å²) in [4.78, 5) is 24.5. The minimum absolute atomic E-state index is 0.0315. The molecule has 0 spiro atoms. The molecule has 1 aromatic carbocycles. The molecular weight excluding hydrogens is 508 g/mol. The van der Waals surface area contributed by atoms with Crippen LogP contribution in [0.2, 0.25) is 0 Å². The van der Waals surface area contributed by atoms with Crippen LogP contribution in [0, 0.1) is 28.6 Å². The molecular formula is C32H42N2O6. The van der Waals surface area contributed by atoms with Crippen LogP contribution in [0.3, 0.4) is 0 Å². The van der Waals surface area contributed by atoms with E-state index in [2.05, 4.69) is 17.5 Å². The van der Waals surface area contributed by atoms with Crippen molar-refractivity contribution in [2.24, 2.45) is 33.7 Å². The van der Waals surface area contributed by atoms with Crippen molar-refractivity contribution in [3.8, 4) is 0 Å². The highest BCUT2D eigenvalue weighted by molar-refractivity contribution is 5.85. The van der Waals surface area contributed by atoms with Crippen molar-refractivity contribution in [3.63, 3.8) is 0 Å². The number of carbonyl (C=O) groups excluding carboxylic acids is 2. The maximum Gasteiger partial charge on any atom is 0.331 e. The molecule has 0 radical (unpaired) electrons. The van der Waals surface area contributed by atoms with Gasteiger partial charge in [0.1, 0.15) is 6.61 Å². The summed E-state index contributed by atoms with van der Waals surface area (Å²) >= 11 is 0. The number of nitrogens with one attached hydrogen (secondary N) is 1. The smallest absolute Gasteiger partial charge is 0.331 e. The number of nitrogens with zero attached hydrogens (tertiary/aromatic N) is 1. The van der Waals surface area contributed by atoms with E-state index < -0.39 is 22.7 Å². The van der Waals surface area contributed by atoms with E-state index in [0.29, 0.717) is 51.6 Å². The van der Waals surface area contributed by atoms with Crippen molar-refractivity contribution in [1.29, 1.82) is 0 Å². The van der Waals surface area contributed by atoms with E-state index in [0.717, 1.165) is 30.4 Å². The van der Waals surface area contributed by atoms with Gasteiger partial charge in [0, 0.05) is 36.0 Å². The number of aliphatic hydroxyl groups excluding tert-OH is 1. The normalized spacial score (nSPS) is 42.5. The van der Waals surface area contributed by atoms with Crippen LogP contribution in [0.25, 0.3) is 0 Å². The van der Waals surface area contributed by atoms with Gasteiger partial charge in [0.05, 0.1) is 17.3 Å². The van der Waals surface area contributed by atoms with Crippen molar-refractivity contribution in [3.05, 3.63) is 47.5 Å². The standard InChI is InChI=1S/C32H42N2O6/c1-29-13-10-25-26(32(29,39)16-12-24(29)22-17-28(37)40-19-22)11-15-31(38)18-23(35)9-14-30(25,31)20-33-34-27(36)8-7-21-5-3-2-4-6-21/h2-6,17,20,23-26,35,38-39H,7-16,18-19H2,1H3,(H,34,36)/b33-20-/t23-,24+,25+,26-,29-,30+,31+,32+/m1/s1. The van der Waals surface area contributed by atoms with Gasteiger partial charge in [0.25, 0.3) is 0 Å². The second-order valence-corrected chi connectivity index (χ2v) is 13.3. The third kappa shape index (κ3) is 4.25. The van der Waals surface area contributed by atoms with Gasteiger partial charge in [0.15, 0.2) is 0 Å². The van der Waals surface area contributed by atoms with Crippen LogP contribution < -0.4 is 5.43 Å². The zero-order valence-electron chi connectivity index (χ0n) is 23.3. The Balaban J connectivity index is 1.25. The fourth-order valence-corrected chi connectivity index (χ4v) is 9.54. The zero-order valence-corrected chi connectivity index (χ0v) is 23.3. The van der Waals surface area contributed by atoms with Crippen LogP contribution >= 0.6 is 0 Å². The highest BCUT2D eigenvalue weighted by Crippen LogP contribution is 2.70. The summed E-state index contributed by atoms with van der Waals surface area (Å²) < 4.78 is 5.24. The molecule has 216 valence electrons. The van der Waals surface area contributed by atoms with Crippen LogP contribution in [-0.2, 0) is 20.7 Å². The number of hydrazone groups is 1. The lowest BCUT2D eigenvalue weighted by atomic mass is 9.41. The number of rotatable bonds is 6. The number of hydrogen-bond donors (Lipinski definition) is 4. The number of ether oxygens (including phenoxy) is 1. The number of fused-ring (bicyclic) bond motifs is 5. The maximum absolute atomic E-state index is 12.7. The first kappa shape index (κ1) is 27.6. The molecule has 0 saturated heterocycles. The molecule has 1 aliphatic heterocycles. The van der Waals surface area contributed by atoms with Crippen LogP contribution in [0.1, 0.15) is 76.7 Å². The molecule has 4 saturated carbocycles. The average Bonchev–Trinajstić information content (AvgIpc) is 3.48. The van der Waals surface area contributed by atoms with Crippen molar-refractivity contribution >= 4 is 18.1 Å². The van der Waals surface area contributed by atoms with Crippen molar-refractivity contribution in [2.75, 3.05) is 6.61 Å². The lowest BCUT2D eigenvalue weighted by molar-refractivity contribution is -0.237. The predicted octanol–water partition coefficient (Wildman–Crippen LogP) is 3.43. The molecule has 4 aliphatic carbocycles. The molecule has 6 rings (SSSR count). The minimum atomic E-state index is -1.15. The summed E-state index contributed by atoms with van der Waals surface area (Å²) in [6.45, 7) is 2.48. The Hall–Kier alpha value is -2.55. The van der Waals surface area contributed by atoms with Gasteiger partial charge in [-0.15, -0.1) is 0 Å². The fraction of sp³-hybridized carbons (Fsp3) is 0.656. The molecule has 8 heteroatoms. The summed E-state index contributed by atoms with van der Waals surface area (Å²) in [5.74, 6) is -0.473. The molecule has 0 unspecified atom stereocenters. The average molecular weight is 551 g/mol. The SMILES string of the molecule is C[C@]12CC[C@H]3[C@@H](CC[C@]4(O)C[C@H](O)CC[C@]34/C=N\NC(=O)CCc3ccccc3)[C@@]1(O)CC[C@H]2C1=CC(=O)OC1. The number of carbonyl (C=O) groups is 2. The van der Waals surface area contributed by atoms with Gasteiger partial charge < -0.3 is 20.1 Å². The number of hydrogen-bond acceptors (Lipinski definition) is 7. The number of amides is 1. The van der Waals surface area contributed by atoms with E-state index >= 15 is 0 Å². The minimum Gasteiger partial charge on any atom is -0.458 e. The second-order valence-electron chi connectivity index (χ2n) is 13.3. The Labute approximate surface area is 235 Å². The molecule has 1 amide bonds. The first-order valence-electron chi connectivity index (χ1n) is 15.0.